The van der Waals surface area contributed by atoms with Gasteiger partial charge in [-0.15, -0.1) is 0 Å². The van der Waals surface area contributed by atoms with Crippen LogP contribution in [0.25, 0.3) is 0 Å². The summed E-state index contributed by atoms with van der Waals surface area (Å²) in [6.45, 7) is 5.71. The van der Waals surface area contributed by atoms with Gasteiger partial charge in [-0.05, 0) is 10.5 Å². The quantitative estimate of drug-likeness (QED) is 0.563. The van der Waals surface area contributed by atoms with E-state index in [1.54, 1.807) is 0 Å². The van der Waals surface area contributed by atoms with Gasteiger partial charge in [-0.3, -0.25) is 0 Å². The van der Waals surface area contributed by atoms with Crippen molar-refractivity contribution in [3.8, 4) is 0 Å². The Morgan fingerprint density at radius 3 is 2.91 bits per heavy atom. The van der Waals surface area contributed by atoms with Gasteiger partial charge in [0.2, 0.25) is 0 Å². The maximum atomic E-state index is 5.27. The van der Waals surface area contributed by atoms with Crippen LogP contribution >= 0.6 is 22.6 Å². The molecule has 0 aliphatic carbocycles. The first kappa shape index (κ1) is 11.4. The molecular weight excluding hydrogens is 253 g/mol. The maximum absolute atomic E-state index is 5.27. The van der Waals surface area contributed by atoms with E-state index in [0.717, 1.165) is 32.7 Å². The van der Waals surface area contributed by atoms with Gasteiger partial charge in [-0.1, -0.05) is 35.6 Å². The number of hydrogen-bond acceptors (Lipinski definition) is 2. The number of nitrogens with one attached hydrogen (secondary N) is 1. The van der Waals surface area contributed by atoms with Crippen LogP contribution in [-0.2, 0) is 4.74 Å². The zero-order chi connectivity index (χ0) is 8.36. The molecule has 3 heteroatoms. The molecule has 0 atom stereocenters. The highest BCUT2D eigenvalue weighted by atomic mass is 127. The Morgan fingerprint density at radius 2 is 2.27 bits per heavy atom. The highest BCUT2D eigenvalue weighted by molar-refractivity contribution is 14.1. The van der Waals surface area contributed by atoms with Crippen molar-refractivity contribution < 1.29 is 4.74 Å². The Kier molecular flexibility index (Phi) is 10.8. The van der Waals surface area contributed by atoms with E-state index in [1.807, 2.05) is 4.08 Å². The summed E-state index contributed by atoms with van der Waals surface area (Å²) in [5, 5.41) is 3.23. The average Bonchev–Trinajstić information content (AvgIpc) is 2.03. The molecule has 0 aliphatic rings. The minimum absolute atomic E-state index is 0.822. The van der Waals surface area contributed by atoms with Gasteiger partial charge in [0.25, 0.3) is 0 Å². The molecular formula is C8H16INO. The minimum Gasteiger partial charge on any atom is -0.380 e. The molecule has 1 N–H and O–H groups in total. The molecule has 0 saturated heterocycles. The van der Waals surface area contributed by atoms with E-state index in [4.69, 9.17) is 4.74 Å². The normalized spacial score (nSPS) is 11.1. The summed E-state index contributed by atoms with van der Waals surface area (Å²) in [6.07, 6.45) is 3.19. The summed E-state index contributed by atoms with van der Waals surface area (Å²) in [5.41, 5.74) is 0. The lowest BCUT2D eigenvalue weighted by atomic mass is 10.5. The van der Waals surface area contributed by atoms with Gasteiger partial charge in [0.1, 0.15) is 0 Å². The number of halogens is 1. The van der Waals surface area contributed by atoms with Gasteiger partial charge in [-0.2, -0.15) is 0 Å². The van der Waals surface area contributed by atoms with Crippen LogP contribution in [0.2, 0.25) is 0 Å². The van der Waals surface area contributed by atoms with E-state index in [-0.39, 0.29) is 0 Å². The second-order valence-corrected chi connectivity index (χ2v) is 2.90. The number of hydrogen-bond donors (Lipinski definition) is 1. The fourth-order valence-electron chi connectivity index (χ4n) is 0.621. The summed E-state index contributed by atoms with van der Waals surface area (Å²) in [5.74, 6) is 0. The molecule has 66 valence electrons. The third-order valence-electron chi connectivity index (χ3n) is 1.12. The molecule has 0 bridgehead atoms. The smallest absolute Gasteiger partial charge is 0.0591 e. The maximum Gasteiger partial charge on any atom is 0.0591 e. The number of rotatable bonds is 7. The molecule has 2 nitrogen and oxygen atoms in total. The van der Waals surface area contributed by atoms with Crippen molar-refractivity contribution in [1.82, 2.24) is 5.32 Å². The van der Waals surface area contributed by atoms with Crippen molar-refractivity contribution in [2.75, 3.05) is 26.3 Å². The Hall–Kier alpha value is 0.390. The highest BCUT2D eigenvalue weighted by Gasteiger charge is 1.84. The molecule has 0 amide bonds. The molecule has 0 aliphatic heterocycles. The molecule has 11 heavy (non-hydrogen) atoms. The molecule has 0 aromatic heterocycles. The topological polar surface area (TPSA) is 21.3 Å². The Morgan fingerprint density at radius 1 is 1.45 bits per heavy atom. The van der Waals surface area contributed by atoms with Crippen molar-refractivity contribution in [3.05, 3.63) is 10.2 Å². The Balaban J connectivity index is 2.79. The molecule has 0 aromatic carbocycles. The third kappa shape index (κ3) is 10.4. The molecule has 0 unspecified atom stereocenters. The lowest BCUT2D eigenvalue weighted by Gasteiger charge is -2.01. The summed E-state index contributed by atoms with van der Waals surface area (Å²) in [4.78, 5) is 0. The summed E-state index contributed by atoms with van der Waals surface area (Å²) < 4.78 is 7.29. The second kappa shape index (κ2) is 10.4. The summed E-state index contributed by atoms with van der Waals surface area (Å²) in [7, 11) is 0. The van der Waals surface area contributed by atoms with E-state index in [1.165, 1.54) is 0 Å². The molecule has 0 rings (SSSR count). The van der Waals surface area contributed by atoms with Crippen LogP contribution in [0.5, 0.6) is 0 Å². The average molecular weight is 269 g/mol. The van der Waals surface area contributed by atoms with Gasteiger partial charge >= 0.3 is 0 Å². The zero-order valence-electron chi connectivity index (χ0n) is 6.98. The van der Waals surface area contributed by atoms with Gasteiger partial charge in [0.05, 0.1) is 6.61 Å². The van der Waals surface area contributed by atoms with Gasteiger partial charge in [-0.25, -0.2) is 0 Å². The standard InChI is InChI=1S/C8H16INO/c1-2-7-11-8-6-10-5-3-4-9/h3-4,10H,2,5-8H2,1H3/b4-3+. The highest BCUT2D eigenvalue weighted by Crippen LogP contribution is 1.81. The molecule has 0 spiro atoms. The fourth-order valence-corrected chi connectivity index (χ4v) is 0.875. The summed E-state index contributed by atoms with van der Waals surface area (Å²) in [6, 6.07) is 0. The SMILES string of the molecule is CCCOCCNC/C=C/I. The predicted octanol–water partition coefficient (Wildman–Crippen LogP) is 1.95. The van der Waals surface area contributed by atoms with Crippen LogP contribution in [0.1, 0.15) is 13.3 Å². The van der Waals surface area contributed by atoms with Crippen molar-refractivity contribution >= 4 is 22.6 Å². The lowest BCUT2D eigenvalue weighted by Crippen LogP contribution is -2.19. The zero-order valence-corrected chi connectivity index (χ0v) is 9.13. The largest absolute Gasteiger partial charge is 0.380 e. The monoisotopic (exact) mass is 269 g/mol. The van der Waals surface area contributed by atoms with Crippen LogP contribution in [-0.4, -0.2) is 26.3 Å². The fraction of sp³-hybridized carbons (Fsp3) is 0.750. The first-order valence-corrected chi connectivity index (χ1v) is 5.20. The van der Waals surface area contributed by atoms with Crippen LogP contribution in [0.15, 0.2) is 10.2 Å². The van der Waals surface area contributed by atoms with E-state index >= 15 is 0 Å². The summed E-state index contributed by atoms with van der Waals surface area (Å²) >= 11 is 2.21. The lowest BCUT2D eigenvalue weighted by molar-refractivity contribution is 0.137. The van der Waals surface area contributed by atoms with Crippen LogP contribution in [0.4, 0.5) is 0 Å². The van der Waals surface area contributed by atoms with Crippen molar-refractivity contribution in [2.45, 2.75) is 13.3 Å². The van der Waals surface area contributed by atoms with E-state index in [0.29, 0.717) is 0 Å². The molecule has 0 aromatic rings. The third-order valence-corrected chi connectivity index (χ3v) is 1.63. The van der Waals surface area contributed by atoms with Crippen LogP contribution in [0, 0.1) is 0 Å². The van der Waals surface area contributed by atoms with Crippen LogP contribution in [0.3, 0.4) is 0 Å². The van der Waals surface area contributed by atoms with Gasteiger partial charge in [0, 0.05) is 19.7 Å². The second-order valence-electron chi connectivity index (χ2n) is 2.18. The van der Waals surface area contributed by atoms with Crippen molar-refractivity contribution in [1.29, 1.82) is 0 Å². The molecule has 0 radical (unpaired) electrons. The van der Waals surface area contributed by atoms with E-state index < -0.39 is 0 Å². The van der Waals surface area contributed by atoms with Crippen molar-refractivity contribution in [2.24, 2.45) is 0 Å². The minimum atomic E-state index is 0.822. The predicted molar refractivity (Wildman–Crippen MR) is 57.1 cm³/mol. The number of ether oxygens (including phenoxy) is 1. The van der Waals surface area contributed by atoms with Crippen molar-refractivity contribution in [3.63, 3.8) is 0 Å². The van der Waals surface area contributed by atoms with Gasteiger partial charge in [0.15, 0.2) is 0 Å². The van der Waals surface area contributed by atoms with E-state index in [2.05, 4.69) is 40.9 Å². The molecule has 0 fully saturated rings. The Labute approximate surface area is 82.5 Å². The Bertz CT molecular complexity index is 96.1. The molecule has 0 heterocycles. The van der Waals surface area contributed by atoms with Gasteiger partial charge < -0.3 is 10.1 Å². The molecule has 0 saturated carbocycles. The first-order chi connectivity index (χ1) is 5.41. The van der Waals surface area contributed by atoms with Crippen LogP contribution < -0.4 is 5.32 Å². The van der Waals surface area contributed by atoms with E-state index in [9.17, 15) is 0 Å². The first-order valence-electron chi connectivity index (χ1n) is 3.95.